The van der Waals surface area contributed by atoms with E-state index in [1.165, 1.54) is 0 Å². The Morgan fingerprint density at radius 1 is 1.17 bits per heavy atom. The number of aromatic nitrogens is 2. The molecule has 6 heteroatoms. The Labute approximate surface area is 139 Å². The zero-order valence-corrected chi connectivity index (χ0v) is 13.4. The third-order valence-electron chi connectivity index (χ3n) is 3.52. The number of rotatable bonds is 4. The van der Waals surface area contributed by atoms with Crippen molar-refractivity contribution < 1.29 is 14.3 Å². The summed E-state index contributed by atoms with van der Waals surface area (Å²) in [6, 6.07) is 10.2. The second-order valence-corrected chi connectivity index (χ2v) is 5.26. The maximum atomic E-state index is 12.7. The summed E-state index contributed by atoms with van der Waals surface area (Å²) in [6.07, 6.45) is 3.68. The van der Waals surface area contributed by atoms with Crippen molar-refractivity contribution in [2.45, 2.75) is 13.8 Å². The van der Waals surface area contributed by atoms with Crippen LogP contribution in [-0.4, -0.2) is 27.9 Å². The molecule has 3 rings (SSSR count). The smallest absolute Gasteiger partial charge is 0.340 e. The molecule has 6 nitrogen and oxygen atoms in total. The lowest BCUT2D eigenvalue weighted by molar-refractivity contribution is 0.0527. The van der Waals surface area contributed by atoms with Crippen molar-refractivity contribution in [3.8, 4) is 0 Å². The average molecular weight is 323 g/mol. The molecule has 0 aliphatic carbocycles. The van der Waals surface area contributed by atoms with Crippen LogP contribution >= 0.6 is 0 Å². The molecule has 0 fully saturated rings. The van der Waals surface area contributed by atoms with Gasteiger partial charge in [0.25, 0.3) is 5.91 Å². The molecule has 0 radical (unpaired) electrons. The van der Waals surface area contributed by atoms with Crippen molar-refractivity contribution in [3.63, 3.8) is 0 Å². The maximum Gasteiger partial charge on any atom is 0.340 e. The number of aryl methyl sites for hydroxylation is 1. The monoisotopic (exact) mass is 323 g/mol. The fourth-order valence-electron chi connectivity index (χ4n) is 2.48. The highest BCUT2D eigenvalue weighted by Gasteiger charge is 2.17. The lowest BCUT2D eigenvalue weighted by Crippen LogP contribution is -2.16. The molecule has 0 atom stereocenters. The minimum atomic E-state index is -0.469. The van der Waals surface area contributed by atoms with Gasteiger partial charge >= 0.3 is 5.97 Å². The van der Waals surface area contributed by atoms with Crippen LogP contribution in [0.4, 0.5) is 5.69 Å². The standard InChI is InChI=1S/C18H17N3O3/c1-3-24-18(23)13-7-4-5-9-15(13)20-17(22)14-8-6-10-21-11-12(2)19-16(14)21/h4-11H,3H2,1-2H3,(H,20,22). The molecule has 0 spiro atoms. The largest absolute Gasteiger partial charge is 0.462 e. The molecular weight excluding hydrogens is 306 g/mol. The number of imidazole rings is 1. The number of nitrogens with one attached hydrogen (secondary N) is 1. The summed E-state index contributed by atoms with van der Waals surface area (Å²) in [6.45, 7) is 3.87. The van der Waals surface area contributed by atoms with Gasteiger partial charge in [0.05, 0.1) is 29.1 Å². The predicted molar refractivity (Wildman–Crippen MR) is 90.3 cm³/mol. The van der Waals surface area contributed by atoms with E-state index in [1.54, 1.807) is 47.7 Å². The molecule has 0 aliphatic rings. The number of ether oxygens (including phenoxy) is 1. The first kappa shape index (κ1) is 15.7. The van der Waals surface area contributed by atoms with E-state index in [-0.39, 0.29) is 12.5 Å². The molecule has 0 aliphatic heterocycles. The summed E-state index contributed by atoms with van der Waals surface area (Å²) in [7, 11) is 0. The number of para-hydroxylation sites is 1. The molecule has 3 aromatic rings. The Morgan fingerprint density at radius 3 is 2.71 bits per heavy atom. The van der Waals surface area contributed by atoms with Crippen molar-refractivity contribution in [3.05, 3.63) is 65.6 Å². The van der Waals surface area contributed by atoms with E-state index < -0.39 is 5.97 Å². The van der Waals surface area contributed by atoms with Crippen LogP contribution in [0.15, 0.2) is 48.8 Å². The summed E-state index contributed by atoms with van der Waals surface area (Å²) in [4.78, 5) is 29.0. The molecule has 122 valence electrons. The topological polar surface area (TPSA) is 72.7 Å². The van der Waals surface area contributed by atoms with E-state index >= 15 is 0 Å². The number of esters is 1. The Balaban J connectivity index is 1.94. The SMILES string of the molecule is CCOC(=O)c1ccccc1NC(=O)c1cccn2cc(C)nc12. The number of carbonyl (C=O) groups is 2. The number of pyridine rings is 1. The van der Waals surface area contributed by atoms with E-state index in [4.69, 9.17) is 4.74 Å². The van der Waals surface area contributed by atoms with Crippen LogP contribution < -0.4 is 5.32 Å². The van der Waals surface area contributed by atoms with Crippen LogP contribution in [0, 0.1) is 6.92 Å². The maximum absolute atomic E-state index is 12.7. The summed E-state index contributed by atoms with van der Waals surface area (Å²) in [5, 5.41) is 2.77. The second-order valence-electron chi connectivity index (χ2n) is 5.26. The lowest BCUT2D eigenvalue weighted by Gasteiger charge is -2.10. The molecule has 2 aromatic heterocycles. The minimum Gasteiger partial charge on any atom is -0.462 e. The Morgan fingerprint density at radius 2 is 1.92 bits per heavy atom. The summed E-state index contributed by atoms with van der Waals surface area (Å²) in [5.74, 6) is -0.800. The van der Waals surface area contributed by atoms with Gasteiger partial charge in [-0.2, -0.15) is 0 Å². The third-order valence-corrected chi connectivity index (χ3v) is 3.52. The van der Waals surface area contributed by atoms with Crippen LogP contribution in [0.3, 0.4) is 0 Å². The normalized spacial score (nSPS) is 10.6. The first-order valence-electron chi connectivity index (χ1n) is 7.62. The van der Waals surface area contributed by atoms with Gasteiger partial charge in [-0.25, -0.2) is 9.78 Å². The molecule has 2 heterocycles. The number of benzene rings is 1. The van der Waals surface area contributed by atoms with E-state index in [9.17, 15) is 9.59 Å². The van der Waals surface area contributed by atoms with Crippen LogP contribution in [0.1, 0.15) is 33.3 Å². The van der Waals surface area contributed by atoms with E-state index in [0.29, 0.717) is 22.5 Å². The first-order valence-corrected chi connectivity index (χ1v) is 7.62. The van der Waals surface area contributed by atoms with Gasteiger partial charge in [-0.05, 0) is 38.1 Å². The van der Waals surface area contributed by atoms with Gasteiger partial charge in [-0.3, -0.25) is 4.79 Å². The molecule has 0 unspecified atom stereocenters. The van der Waals surface area contributed by atoms with Gasteiger partial charge in [0.1, 0.15) is 5.65 Å². The molecule has 24 heavy (non-hydrogen) atoms. The van der Waals surface area contributed by atoms with Gasteiger partial charge in [-0.15, -0.1) is 0 Å². The molecule has 0 saturated carbocycles. The molecular formula is C18H17N3O3. The molecule has 1 amide bonds. The third kappa shape index (κ3) is 2.99. The van der Waals surface area contributed by atoms with Crippen LogP contribution in [-0.2, 0) is 4.74 Å². The van der Waals surface area contributed by atoms with Gasteiger partial charge in [0, 0.05) is 12.4 Å². The van der Waals surface area contributed by atoms with Crippen molar-refractivity contribution in [2.24, 2.45) is 0 Å². The Kier molecular flexibility index (Phi) is 4.29. The van der Waals surface area contributed by atoms with Crippen LogP contribution in [0.2, 0.25) is 0 Å². The molecule has 0 saturated heterocycles. The number of amides is 1. The average Bonchev–Trinajstić information content (AvgIpc) is 2.95. The van der Waals surface area contributed by atoms with Gasteiger partial charge in [0.15, 0.2) is 0 Å². The number of hydrogen-bond donors (Lipinski definition) is 1. The summed E-state index contributed by atoms with van der Waals surface area (Å²) in [5.41, 5.74) is 2.55. The van der Waals surface area contributed by atoms with E-state index in [2.05, 4.69) is 10.3 Å². The van der Waals surface area contributed by atoms with Gasteiger partial charge < -0.3 is 14.5 Å². The number of hydrogen-bond acceptors (Lipinski definition) is 4. The van der Waals surface area contributed by atoms with Gasteiger partial charge in [0.2, 0.25) is 0 Å². The molecule has 0 bridgehead atoms. The first-order chi connectivity index (χ1) is 11.6. The number of nitrogens with zero attached hydrogens (tertiary/aromatic N) is 2. The predicted octanol–water partition coefficient (Wildman–Crippen LogP) is 3.07. The number of fused-ring (bicyclic) bond motifs is 1. The van der Waals surface area contributed by atoms with Crippen molar-refractivity contribution in [1.82, 2.24) is 9.38 Å². The fraction of sp³-hybridized carbons (Fsp3) is 0.167. The van der Waals surface area contributed by atoms with Gasteiger partial charge in [-0.1, -0.05) is 12.1 Å². The Hall–Kier alpha value is -3.15. The second kappa shape index (κ2) is 6.54. The van der Waals surface area contributed by atoms with Crippen molar-refractivity contribution in [2.75, 3.05) is 11.9 Å². The number of anilines is 1. The number of carbonyl (C=O) groups excluding carboxylic acids is 2. The van der Waals surface area contributed by atoms with Crippen molar-refractivity contribution >= 4 is 23.2 Å². The lowest BCUT2D eigenvalue weighted by atomic mass is 10.1. The van der Waals surface area contributed by atoms with Crippen molar-refractivity contribution in [1.29, 1.82) is 0 Å². The molecule has 1 N–H and O–H groups in total. The van der Waals surface area contributed by atoms with Crippen LogP contribution in [0.25, 0.3) is 5.65 Å². The fourth-order valence-corrected chi connectivity index (χ4v) is 2.48. The highest BCUT2D eigenvalue weighted by molar-refractivity contribution is 6.10. The van der Waals surface area contributed by atoms with E-state index in [0.717, 1.165) is 5.69 Å². The van der Waals surface area contributed by atoms with Crippen LogP contribution in [0.5, 0.6) is 0 Å². The summed E-state index contributed by atoms with van der Waals surface area (Å²) >= 11 is 0. The quantitative estimate of drug-likeness (QED) is 0.749. The Bertz CT molecular complexity index is 915. The molecule has 1 aromatic carbocycles. The highest BCUT2D eigenvalue weighted by Crippen LogP contribution is 2.19. The summed E-state index contributed by atoms with van der Waals surface area (Å²) < 4.78 is 6.82. The zero-order chi connectivity index (χ0) is 17.1. The zero-order valence-electron chi connectivity index (χ0n) is 13.4. The highest BCUT2D eigenvalue weighted by atomic mass is 16.5. The minimum absolute atomic E-state index is 0.272. The van der Waals surface area contributed by atoms with E-state index in [1.807, 2.05) is 19.3 Å².